The molecule has 166 valence electrons. The SMILES string of the molecule is C=CCCCC1CCC2C(c3ccc(-c4ccc(OCCC)c(F)c4F)cc3)CCC12. The van der Waals surface area contributed by atoms with Crippen molar-refractivity contribution in [1.82, 2.24) is 0 Å². The molecule has 1 nitrogen and oxygen atoms in total. The average molecular weight is 425 g/mol. The Morgan fingerprint density at radius 1 is 0.968 bits per heavy atom. The first kappa shape index (κ1) is 22.0. The fourth-order valence-electron chi connectivity index (χ4n) is 6.00. The number of unbranched alkanes of at least 4 members (excludes halogenated alkanes) is 1. The smallest absolute Gasteiger partial charge is 0.201 e. The van der Waals surface area contributed by atoms with Crippen molar-refractivity contribution in [3.8, 4) is 16.9 Å². The molecule has 2 aromatic rings. The van der Waals surface area contributed by atoms with E-state index in [1.54, 1.807) is 6.07 Å². The molecule has 2 fully saturated rings. The highest BCUT2D eigenvalue weighted by Gasteiger charge is 2.44. The maximum Gasteiger partial charge on any atom is 0.201 e. The first-order chi connectivity index (χ1) is 15.1. The molecular weight excluding hydrogens is 390 g/mol. The summed E-state index contributed by atoms with van der Waals surface area (Å²) in [5.74, 6) is 1.37. The summed E-state index contributed by atoms with van der Waals surface area (Å²) in [5.41, 5.74) is 2.36. The molecule has 2 aliphatic carbocycles. The van der Waals surface area contributed by atoms with Crippen molar-refractivity contribution in [1.29, 1.82) is 0 Å². The van der Waals surface area contributed by atoms with Gasteiger partial charge in [-0.15, -0.1) is 6.58 Å². The first-order valence-corrected chi connectivity index (χ1v) is 12.0. The Kier molecular flexibility index (Phi) is 7.09. The van der Waals surface area contributed by atoms with E-state index in [1.165, 1.54) is 50.2 Å². The molecule has 0 spiro atoms. The predicted octanol–water partition coefficient (Wildman–Crippen LogP) is 8.30. The van der Waals surface area contributed by atoms with Crippen molar-refractivity contribution in [2.24, 2.45) is 17.8 Å². The lowest BCUT2D eigenvalue weighted by molar-refractivity contribution is 0.295. The Labute approximate surface area is 185 Å². The minimum atomic E-state index is -0.901. The third-order valence-corrected chi connectivity index (χ3v) is 7.50. The Morgan fingerprint density at radius 3 is 2.48 bits per heavy atom. The average Bonchev–Trinajstić information content (AvgIpc) is 3.38. The van der Waals surface area contributed by atoms with Gasteiger partial charge in [0.05, 0.1) is 6.61 Å². The third-order valence-electron chi connectivity index (χ3n) is 7.50. The summed E-state index contributed by atoms with van der Waals surface area (Å²) in [4.78, 5) is 0. The fraction of sp³-hybridized carbons (Fsp3) is 0.500. The van der Waals surface area contributed by atoms with Gasteiger partial charge >= 0.3 is 0 Å². The van der Waals surface area contributed by atoms with Crippen LogP contribution in [0.2, 0.25) is 0 Å². The molecule has 0 heterocycles. The van der Waals surface area contributed by atoms with Crippen molar-refractivity contribution in [3.05, 3.63) is 66.3 Å². The second kappa shape index (κ2) is 9.97. The van der Waals surface area contributed by atoms with Gasteiger partial charge in [-0.2, -0.15) is 4.39 Å². The summed E-state index contributed by atoms with van der Waals surface area (Å²) in [6.07, 6.45) is 11.8. The van der Waals surface area contributed by atoms with Crippen LogP contribution in [0.4, 0.5) is 8.78 Å². The van der Waals surface area contributed by atoms with Gasteiger partial charge in [-0.1, -0.05) is 37.3 Å². The van der Waals surface area contributed by atoms with Gasteiger partial charge < -0.3 is 4.74 Å². The normalized spacial score (nSPS) is 24.9. The van der Waals surface area contributed by atoms with E-state index >= 15 is 0 Å². The van der Waals surface area contributed by atoms with E-state index < -0.39 is 11.6 Å². The monoisotopic (exact) mass is 424 g/mol. The van der Waals surface area contributed by atoms with Crippen LogP contribution in [0, 0.1) is 29.4 Å². The lowest BCUT2D eigenvalue weighted by atomic mass is 9.83. The molecule has 0 aliphatic heterocycles. The molecule has 2 aromatic carbocycles. The summed E-state index contributed by atoms with van der Waals surface area (Å²) < 4.78 is 34.4. The molecule has 31 heavy (non-hydrogen) atoms. The van der Waals surface area contributed by atoms with Gasteiger partial charge in [-0.25, -0.2) is 4.39 Å². The van der Waals surface area contributed by atoms with Crippen molar-refractivity contribution < 1.29 is 13.5 Å². The van der Waals surface area contributed by atoms with Crippen LogP contribution in [0.1, 0.15) is 69.8 Å². The Balaban J connectivity index is 1.46. The minimum Gasteiger partial charge on any atom is -0.490 e. The molecule has 0 bridgehead atoms. The molecule has 4 rings (SSSR count). The molecule has 2 saturated carbocycles. The van der Waals surface area contributed by atoms with Crippen LogP contribution in [-0.4, -0.2) is 6.61 Å². The standard InChI is InChI=1S/C28H34F2O/c1-3-5-6-7-19-12-13-25-22(19)14-15-23(25)20-8-10-21(11-9-20)24-16-17-26(31-18-4-2)28(30)27(24)29/h3,8-11,16-17,19,22-23,25H,1,4-7,12-15,18H2,2H3. The van der Waals surface area contributed by atoms with Gasteiger partial charge in [0.1, 0.15) is 0 Å². The number of rotatable bonds is 9. The Morgan fingerprint density at radius 2 is 1.74 bits per heavy atom. The van der Waals surface area contributed by atoms with Crippen LogP contribution < -0.4 is 4.74 Å². The fourth-order valence-corrected chi connectivity index (χ4v) is 6.00. The predicted molar refractivity (Wildman–Crippen MR) is 123 cm³/mol. The summed E-state index contributed by atoms with van der Waals surface area (Å²) in [6.45, 7) is 6.16. The van der Waals surface area contributed by atoms with Crippen LogP contribution in [-0.2, 0) is 0 Å². The van der Waals surface area contributed by atoms with Gasteiger partial charge in [0, 0.05) is 5.56 Å². The number of halogens is 2. The van der Waals surface area contributed by atoms with Crippen LogP contribution in [0.25, 0.3) is 11.1 Å². The van der Waals surface area contributed by atoms with E-state index in [0.29, 0.717) is 23.7 Å². The molecule has 0 N–H and O–H groups in total. The summed E-state index contributed by atoms with van der Waals surface area (Å²) in [5, 5.41) is 0. The maximum atomic E-state index is 14.7. The number of allylic oxidation sites excluding steroid dienone is 1. The van der Waals surface area contributed by atoms with Crippen LogP contribution in [0.3, 0.4) is 0 Å². The molecule has 0 aromatic heterocycles. The Hall–Kier alpha value is -2.16. The largest absolute Gasteiger partial charge is 0.490 e. The van der Waals surface area contributed by atoms with Crippen molar-refractivity contribution in [2.75, 3.05) is 6.61 Å². The maximum absolute atomic E-state index is 14.7. The van der Waals surface area contributed by atoms with Gasteiger partial charge in [0.15, 0.2) is 11.6 Å². The zero-order chi connectivity index (χ0) is 21.8. The van der Waals surface area contributed by atoms with Crippen LogP contribution in [0.15, 0.2) is 49.1 Å². The number of hydrogen-bond acceptors (Lipinski definition) is 1. The third kappa shape index (κ3) is 4.56. The van der Waals surface area contributed by atoms with Crippen molar-refractivity contribution >= 4 is 0 Å². The lowest BCUT2D eigenvalue weighted by Gasteiger charge is -2.21. The highest BCUT2D eigenvalue weighted by atomic mass is 19.2. The van der Waals surface area contributed by atoms with Gasteiger partial charge in [-0.3, -0.25) is 0 Å². The molecule has 2 aliphatic rings. The molecule has 3 heteroatoms. The lowest BCUT2D eigenvalue weighted by Crippen LogP contribution is -2.12. The van der Waals surface area contributed by atoms with E-state index in [2.05, 4.69) is 18.7 Å². The van der Waals surface area contributed by atoms with Gasteiger partial charge in [-0.05, 0) is 98.3 Å². The number of benzene rings is 2. The zero-order valence-electron chi connectivity index (χ0n) is 18.6. The first-order valence-electron chi connectivity index (χ1n) is 12.0. The minimum absolute atomic E-state index is 0.0133. The number of hydrogen-bond donors (Lipinski definition) is 0. The molecule has 0 radical (unpaired) electrons. The molecular formula is C28H34F2O. The topological polar surface area (TPSA) is 9.23 Å². The van der Waals surface area contributed by atoms with Gasteiger partial charge in [0.2, 0.25) is 5.82 Å². The highest BCUT2D eigenvalue weighted by molar-refractivity contribution is 5.65. The van der Waals surface area contributed by atoms with Crippen molar-refractivity contribution in [2.45, 2.75) is 64.2 Å². The van der Waals surface area contributed by atoms with Crippen molar-refractivity contribution in [3.63, 3.8) is 0 Å². The summed E-state index contributed by atoms with van der Waals surface area (Å²) in [6, 6.07) is 11.3. The van der Waals surface area contributed by atoms with E-state index in [4.69, 9.17) is 4.74 Å². The second-order valence-corrected chi connectivity index (χ2v) is 9.28. The second-order valence-electron chi connectivity index (χ2n) is 9.28. The van der Waals surface area contributed by atoms with Crippen LogP contribution in [0.5, 0.6) is 5.75 Å². The molecule has 0 saturated heterocycles. The van der Waals surface area contributed by atoms with E-state index in [1.807, 2.05) is 25.1 Å². The molecule has 4 atom stereocenters. The Bertz CT molecular complexity index is 889. The molecule has 4 unspecified atom stereocenters. The highest BCUT2D eigenvalue weighted by Crippen LogP contribution is 2.55. The number of ether oxygens (including phenoxy) is 1. The number of fused-ring (bicyclic) bond motifs is 1. The summed E-state index contributed by atoms with van der Waals surface area (Å²) >= 11 is 0. The molecule has 0 amide bonds. The quantitative estimate of drug-likeness (QED) is 0.290. The van der Waals surface area contributed by atoms with E-state index in [9.17, 15) is 8.78 Å². The van der Waals surface area contributed by atoms with E-state index in [-0.39, 0.29) is 5.75 Å². The van der Waals surface area contributed by atoms with Crippen LogP contribution >= 0.6 is 0 Å². The zero-order valence-corrected chi connectivity index (χ0v) is 18.6. The van der Waals surface area contributed by atoms with E-state index in [0.717, 1.165) is 30.6 Å². The van der Waals surface area contributed by atoms with Gasteiger partial charge in [0.25, 0.3) is 0 Å². The summed E-state index contributed by atoms with van der Waals surface area (Å²) in [7, 11) is 0.